The van der Waals surface area contributed by atoms with Crippen molar-refractivity contribution in [2.24, 2.45) is 0 Å². The molecule has 0 aromatic heterocycles. The predicted molar refractivity (Wildman–Crippen MR) is 7.61 cm³/mol. The first-order valence-electron chi connectivity index (χ1n) is 0.730. The van der Waals surface area contributed by atoms with E-state index in [1.807, 2.05) is 0 Å². The van der Waals surface area contributed by atoms with Crippen molar-refractivity contribution in [3.63, 3.8) is 0 Å². The van der Waals surface area contributed by atoms with Crippen LogP contribution >= 0.6 is 7.82 Å². The Morgan fingerprint density at radius 1 is 1.12 bits per heavy atom. The minimum atomic E-state index is -5.39. The molecule has 0 rings (SSSR count). The van der Waals surface area contributed by atoms with Gasteiger partial charge in [-0.3, -0.25) is 0 Å². The molecule has 0 spiro atoms. The van der Waals surface area contributed by atoms with E-state index in [2.05, 4.69) is 0 Å². The molecule has 0 aromatic carbocycles. The molecule has 0 atom stereocenters. The van der Waals surface area contributed by atoms with Crippen molar-refractivity contribution in [2.45, 2.75) is 0 Å². The normalized spacial score (nSPS) is 7.38. The summed E-state index contributed by atoms with van der Waals surface area (Å²) in [4.78, 5) is 25.6. The van der Waals surface area contributed by atoms with Crippen molar-refractivity contribution < 1.29 is 92.5 Å². The van der Waals surface area contributed by atoms with Gasteiger partial charge in [0.15, 0.2) is 0 Å². The fourth-order valence-corrected chi connectivity index (χ4v) is 0. The van der Waals surface area contributed by atoms with Crippen LogP contribution in [0, 0.1) is 0 Å². The Morgan fingerprint density at radius 2 is 1.12 bits per heavy atom. The SMILES string of the molecule is O=P([O-])([O-])[O-].[Li+].[Ti+4].[Y+3]. The quantitative estimate of drug-likeness (QED) is 0.311. The number of rotatable bonds is 0. The number of phosphoric acid groups is 1. The van der Waals surface area contributed by atoms with Gasteiger partial charge in [0.1, 0.15) is 0 Å². The molecule has 0 N–H and O–H groups in total. The Hall–Kier alpha value is 2.53. The van der Waals surface area contributed by atoms with E-state index in [1.54, 1.807) is 0 Å². The third kappa shape index (κ3) is 75.7. The minimum Gasteiger partial charge on any atom is -0.822 e. The van der Waals surface area contributed by atoms with Gasteiger partial charge in [0.2, 0.25) is 0 Å². The molecule has 4 nitrogen and oxygen atoms in total. The monoisotopic (exact) mass is 239 g/mol. The molecule has 0 aliphatic heterocycles. The fraction of sp³-hybridized carbons (Fsp3) is 0. The Bertz CT molecular complexity index is 62.2. The minimum absolute atomic E-state index is 0. The predicted octanol–water partition coefficient (Wildman–Crippen LogP) is -5.83. The Morgan fingerprint density at radius 3 is 1.12 bits per heavy atom. The molecule has 8 heteroatoms. The maximum atomic E-state index is 8.55. The molecule has 0 fully saturated rings. The van der Waals surface area contributed by atoms with Crippen molar-refractivity contribution in [3.05, 3.63) is 0 Å². The number of hydrogen-bond acceptors (Lipinski definition) is 4. The molecule has 0 saturated heterocycles. The largest absolute Gasteiger partial charge is 4.00 e. The van der Waals surface area contributed by atoms with E-state index in [-0.39, 0.29) is 73.3 Å². The molecule has 0 aliphatic rings. The van der Waals surface area contributed by atoms with Gasteiger partial charge in [0.25, 0.3) is 0 Å². The van der Waals surface area contributed by atoms with E-state index in [0.717, 1.165) is 0 Å². The zero-order chi connectivity index (χ0) is 4.50. The summed E-state index contributed by atoms with van der Waals surface area (Å²) in [7, 11) is -5.39. The van der Waals surface area contributed by atoms with E-state index in [1.165, 1.54) is 0 Å². The summed E-state index contributed by atoms with van der Waals surface area (Å²) in [5.41, 5.74) is 0. The van der Waals surface area contributed by atoms with Crippen LogP contribution in [0.5, 0.6) is 0 Å². The van der Waals surface area contributed by atoms with Gasteiger partial charge < -0.3 is 19.2 Å². The maximum Gasteiger partial charge on any atom is 4.00 e. The van der Waals surface area contributed by atoms with Crippen LogP contribution in [-0.4, -0.2) is 0 Å². The van der Waals surface area contributed by atoms with Crippen LogP contribution in [0.15, 0.2) is 0 Å². The van der Waals surface area contributed by atoms with Gasteiger partial charge in [0.05, 0.1) is 0 Å². The average molecular weight is 239 g/mol. The summed E-state index contributed by atoms with van der Waals surface area (Å²) in [6, 6.07) is 0. The number of hydrogen-bond donors (Lipinski definition) is 0. The van der Waals surface area contributed by atoms with Gasteiger partial charge in [-0.15, -0.1) is 0 Å². The molecular formula is LiO4PTiY+5. The van der Waals surface area contributed by atoms with Gasteiger partial charge in [-0.05, 0) is 0 Å². The first-order valence-corrected chi connectivity index (χ1v) is 2.19. The van der Waals surface area contributed by atoms with Gasteiger partial charge in [-0.1, -0.05) is 0 Å². The molecule has 0 unspecified atom stereocenters. The molecular weight excluding hydrogens is 239 g/mol. The molecule has 0 aliphatic carbocycles. The van der Waals surface area contributed by atoms with Crippen LogP contribution in [0.4, 0.5) is 0 Å². The van der Waals surface area contributed by atoms with Crippen LogP contribution in [-0.2, 0) is 59.0 Å². The summed E-state index contributed by atoms with van der Waals surface area (Å²) in [5, 5.41) is 0. The van der Waals surface area contributed by atoms with Crippen molar-refractivity contribution >= 4 is 7.82 Å². The van der Waals surface area contributed by atoms with Gasteiger partial charge in [-0.25, -0.2) is 0 Å². The summed E-state index contributed by atoms with van der Waals surface area (Å²) in [5.74, 6) is 0. The van der Waals surface area contributed by atoms with Crippen molar-refractivity contribution in [2.75, 3.05) is 0 Å². The van der Waals surface area contributed by atoms with Crippen molar-refractivity contribution in [3.8, 4) is 0 Å². The van der Waals surface area contributed by atoms with E-state index < -0.39 is 7.82 Å². The molecule has 8 heavy (non-hydrogen) atoms. The van der Waals surface area contributed by atoms with Gasteiger partial charge >= 0.3 is 73.3 Å². The van der Waals surface area contributed by atoms with Crippen molar-refractivity contribution in [1.29, 1.82) is 0 Å². The second-order valence-corrected chi connectivity index (χ2v) is 1.34. The summed E-state index contributed by atoms with van der Waals surface area (Å²) in [6.45, 7) is 0. The molecule has 0 amide bonds. The third-order valence-corrected chi connectivity index (χ3v) is 0. The van der Waals surface area contributed by atoms with E-state index in [4.69, 9.17) is 19.2 Å². The Kier molecular flexibility index (Phi) is 26.7. The average Bonchev–Trinajstić information content (AvgIpc) is 0.722. The van der Waals surface area contributed by atoms with Crippen LogP contribution in [0.2, 0.25) is 0 Å². The molecule has 0 aromatic rings. The maximum absolute atomic E-state index is 8.55. The van der Waals surface area contributed by atoms with E-state index >= 15 is 0 Å². The first kappa shape index (κ1) is 22.4. The molecule has 32 valence electrons. The van der Waals surface area contributed by atoms with Gasteiger partial charge in [0, 0.05) is 0 Å². The van der Waals surface area contributed by atoms with E-state index in [0.29, 0.717) is 0 Å². The zero-order valence-corrected chi connectivity index (χ0v) is 9.45. The second kappa shape index (κ2) is 9.53. The molecule has 0 heterocycles. The van der Waals surface area contributed by atoms with Crippen LogP contribution in [0.1, 0.15) is 0 Å². The summed E-state index contributed by atoms with van der Waals surface area (Å²) < 4.78 is 8.55. The first-order chi connectivity index (χ1) is 2.00. The standard InChI is InChI=1S/Li.H3O4P.Ti.Y/c;1-5(2,3)4;;/h;(H3,1,2,3,4);;/q+1;;+4;+3/p-3. The smallest absolute Gasteiger partial charge is 0.822 e. The molecule has 0 radical (unpaired) electrons. The zero-order valence-electron chi connectivity index (χ0n) is 4.16. The second-order valence-electron chi connectivity index (χ2n) is 0.447. The molecule has 0 saturated carbocycles. The van der Waals surface area contributed by atoms with E-state index in [9.17, 15) is 0 Å². The van der Waals surface area contributed by atoms with Gasteiger partial charge in [-0.2, -0.15) is 7.82 Å². The van der Waals surface area contributed by atoms with Crippen molar-refractivity contribution in [1.82, 2.24) is 0 Å². The van der Waals surface area contributed by atoms with Crippen LogP contribution in [0.25, 0.3) is 0 Å². The fourth-order valence-electron chi connectivity index (χ4n) is 0. The topological polar surface area (TPSA) is 86.2 Å². The van der Waals surface area contributed by atoms with Crippen LogP contribution < -0.4 is 33.5 Å². The Labute approximate surface area is 99.0 Å². The Balaban J connectivity index is -0.0000000267. The third-order valence-electron chi connectivity index (χ3n) is 0. The van der Waals surface area contributed by atoms with Crippen LogP contribution in [0.3, 0.4) is 0 Å². The molecule has 0 bridgehead atoms. The summed E-state index contributed by atoms with van der Waals surface area (Å²) >= 11 is 0. The summed E-state index contributed by atoms with van der Waals surface area (Å²) in [6.07, 6.45) is 0.